The highest BCUT2D eigenvalue weighted by molar-refractivity contribution is 6.78. The second kappa shape index (κ2) is 11.5. The standard InChI is InChI=1S/C32H45NO3Si/c1-21(2)37(22(3)4,23(5)6)36-32-29(24-15-11-9-12-16-24)31(25-17-13-10-14-18-25)33-27-19-26(34-7)20-28(35-8)30(27)32/h9,11-12,15-16,19-23,25H,10,13-14,17-18H2,1-8H3. The molecule has 4 nitrogen and oxygen atoms in total. The van der Waals surface area contributed by atoms with Crippen molar-refractivity contribution in [2.45, 2.75) is 96.2 Å². The minimum Gasteiger partial charge on any atom is -0.542 e. The largest absolute Gasteiger partial charge is 0.542 e. The van der Waals surface area contributed by atoms with Crippen molar-refractivity contribution in [2.75, 3.05) is 14.2 Å². The van der Waals surface area contributed by atoms with Gasteiger partial charge < -0.3 is 13.9 Å². The minimum atomic E-state index is -2.29. The van der Waals surface area contributed by atoms with Crippen molar-refractivity contribution in [3.05, 3.63) is 48.2 Å². The van der Waals surface area contributed by atoms with Crippen LogP contribution in [0.2, 0.25) is 16.6 Å². The summed E-state index contributed by atoms with van der Waals surface area (Å²) in [5.41, 5.74) is 5.73. The Bertz CT molecular complexity index is 1180. The van der Waals surface area contributed by atoms with Gasteiger partial charge in [0.15, 0.2) is 0 Å². The Labute approximate surface area is 224 Å². The first-order valence-corrected chi connectivity index (χ1v) is 16.2. The SMILES string of the molecule is COc1cc(OC)c2c(O[Si](C(C)C)(C(C)C)C(C)C)c(-c3ccccc3)c(C3CCCCC3)nc2c1. The number of rotatable bonds is 9. The van der Waals surface area contributed by atoms with Crippen LogP contribution in [-0.2, 0) is 0 Å². The summed E-state index contributed by atoms with van der Waals surface area (Å²) < 4.78 is 19.3. The van der Waals surface area contributed by atoms with Crippen LogP contribution < -0.4 is 13.9 Å². The van der Waals surface area contributed by atoms with Crippen molar-refractivity contribution in [3.8, 4) is 28.4 Å². The molecule has 0 spiro atoms. The van der Waals surface area contributed by atoms with Crippen molar-refractivity contribution >= 4 is 19.2 Å². The van der Waals surface area contributed by atoms with Crippen molar-refractivity contribution in [3.63, 3.8) is 0 Å². The molecular weight excluding hydrogens is 474 g/mol. The lowest BCUT2D eigenvalue weighted by atomic mass is 9.83. The van der Waals surface area contributed by atoms with Crippen LogP contribution in [0.5, 0.6) is 17.2 Å². The first-order chi connectivity index (χ1) is 17.7. The predicted octanol–water partition coefficient (Wildman–Crippen LogP) is 9.52. The van der Waals surface area contributed by atoms with Crippen molar-refractivity contribution in [1.82, 2.24) is 4.98 Å². The molecule has 0 saturated heterocycles. The van der Waals surface area contributed by atoms with Crippen LogP contribution in [0.3, 0.4) is 0 Å². The Hall–Kier alpha value is -2.53. The molecule has 5 heteroatoms. The summed E-state index contributed by atoms with van der Waals surface area (Å²) in [4.78, 5) is 5.39. The fourth-order valence-electron chi connectivity index (χ4n) is 6.79. The van der Waals surface area contributed by atoms with Gasteiger partial charge in [0.05, 0.1) is 30.8 Å². The van der Waals surface area contributed by atoms with Crippen molar-refractivity contribution < 1.29 is 13.9 Å². The maximum Gasteiger partial charge on any atom is 0.258 e. The molecule has 0 amide bonds. The molecule has 0 unspecified atom stereocenters. The monoisotopic (exact) mass is 519 g/mol. The number of fused-ring (bicyclic) bond motifs is 1. The fraction of sp³-hybridized carbons (Fsp3) is 0.531. The molecular formula is C32H45NO3Si. The highest BCUT2D eigenvalue weighted by Gasteiger charge is 2.48. The topological polar surface area (TPSA) is 40.6 Å². The van der Waals surface area contributed by atoms with E-state index in [1.165, 1.54) is 43.4 Å². The zero-order chi connectivity index (χ0) is 26.7. The molecule has 0 atom stereocenters. The molecule has 0 bridgehead atoms. The van der Waals surface area contributed by atoms with Crippen molar-refractivity contribution in [2.24, 2.45) is 0 Å². The summed E-state index contributed by atoms with van der Waals surface area (Å²) in [5, 5.41) is 0.959. The summed E-state index contributed by atoms with van der Waals surface area (Å²) in [6.45, 7) is 14.1. The molecule has 2 aromatic carbocycles. The maximum atomic E-state index is 7.61. The van der Waals surface area contributed by atoms with E-state index in [-0.39, 0.29) is 0 Å². The van der Waals surface area contributed by atoms with E-state index < -0.39 is 8.32 Å². The quantitative estimate of drug-likeness (QED) is 0.264. The molecule has 200 valence electrons. The van der Waals surface area contributed by atoms with E-state index in [4.69, 9.17) is 18.9 Å². The smallest absolute Gasteiger partial charge is 0.258 e. The first kappa shape index (κ1) is 27.5. The number of hydrogen-bond donors (Lipinski definition) is 0. The Balaban J connectivity index is 2.15. The lowest BCUT2D eigenvalue weighted by Crippen LogP contribution is -2.50. The molecule has 1 aliphatic rings. The van der Waals surface area contributed by atoms with Gasteiger partial charge >= 0.3 is 0 Å². The number of ether oxygens (including phenoxy) is 2. The van der Waals surface area contributed by atoms with Gasteiger partial charge in [-0.1, -0.05) is 91.1 Å². The fourth-order valence-corrected chi connectivity index (χ4v) is 12.1. The molecule has 1 saturated carbocycles. The number of aromatic nitrogens is 1. The Morgan fingerprint density at radius 3 is 1.97 bits per heavy atom. The molecule has 0 N–H and O–H groups in total. The van der Waals surface area contributed by atoms with Gasteiger partial charge in [-0.2, -0.15) is 0 Å². The number of hydrogen-bond acceptors (Lipinski definition) is 4. The molecule has 1 aromatic heterocycles. The zero-order valence-corrected chi connectivity index (χ0v) is 25.1. The highest BCUT2D eigenvalue weighted by atomic mass is 28.4. The summed E-state index contributed by atoms with van der Waals surface area (Å²) >= 11 is 0. The molecule has 1 heterocycles. The number of pyridine rings is 1. The Morgan fingerprint density at radius 2 is 1.43 bits per heavy atom. The predicted molar refractivity (Wildman–Crippen MR) is 158 cm³/mol. The number of nitrogens with zero attached hydrogens (tertiary/aromatic N) is 1. The van der Waals surface area contributed by atoms with Crippen LogP contribution in [0.4, 0.5) is 0 Å². The van der Waals surface area contributed by atoms with Gasteiger partial charge in [0.1, 0.15) is 17.2 Å². The Morgan fingerprint density at radius 1 is 0.811 bits per heavy atom. The summed E-state index contributed by atoms with van der Waals surface area (Å²) in [5.74, 6) is 2.88. The lowest BCUT2D eigenvalue weighted by Gasteiger charge is -2.43. The molecule has 1 fully saturated rings. The summed E-state index contributed by atoms with van der Waals surface area (Å²) in [6.07, 6.45) is 6.14. The second-order valence-corrected chi connectivity index (χ2v) is 16.9. The average Bonchev–Trinajstić information content (AvgIpc) is 2.90. The second-order valence-electron chi connectivity index (χ2n) is 11.5. The third-order valence-electron chi connectivity index (χ3n) is 8.50. The van der Waals surface area contributed by atoms with Crippen LogP contribution in [0.25, 0.3) is 22.0 Å². The highest BCUT2D eigenvalue weighted by Crippen LogP contribution is 2.52. The van der Waals surface area contributed by atoms with E-state index in [0.29, 0.717) is 22.5 Å². The lowest BCUT2D eigenvalue weighted by molar-refractivity contribution is 0.396. The van der Waals surface area contributed by atoms with Gasteiger partial charge in [-0.15, -0.1) is 0 Å². The van der Waals surface area contributed by atoms with Gasteiger partial charge in [-0.25, -0.2) is 0 Å². The third kappa shape index (κ3) is 5.12. The molecule has 0 radical (unpaired) electrons. The van der Waals surface area contributed by atoms with Gasteiger partial charge in [0.25, 0.3) is 8.32 Å². The van der Waals surface area contributed by atoms with Crippen LogP contribution >= 0.6 is 0 Å². The zero-order valence-electron chi connectivity index (χ0n) is 24.1. The summed E-state index contributed by atoms with van der Waals surface area (Å²) in [7, 11) is 1.14. The van der Waals surface area contributed by atoms with E-state index >= 15 is 0 Å². The normalized spacial score (nSPS) is 15.1. The van der Waals surface area contributed by atoms with E-state index in [1.54, 1.807) is 14.2 Å². The van der Waals surface area contributed by atoms with Crippen LogP contribution in [0.15, 0.2) is 42.5 Å². The Kier molecular flexibility index (Phi) is 8.52. The van der Waals surface area contributed by atoms with Gasteiger partial charge in [0, 0.05) is 23.6 Å². The number of benzene rings is 2. The summed E-state index contributed by atoms with van der Waals surface area (Å²) in [6, 6.07) is 14.8. The van der Waals surface area contributed by atoms with E-state index in [2.05, 4.69) is 77.9 Å². The molecule has 0 aliphatic heterocycles. The molecule has 37 heavy (non-hydrogen) atoms. The van der Waals surface area contributed by atoms with E-state index in [0.717, 1.165) is 33.7 Å². The maximum absolute atomic E-state index is 7.61. The van der Waals surface area contributed by atoms with E-state index in [9.17, 15) is 0 Å². The number of methoxy groups -OCH3 is 2. The van der Waals surface area contributed by atoms with E-state index in [1.807, 2.05) is 6.07 Å². The van der Waals surface area contributed by atoms with Crippen LogP contribution in [-0.4, -0.2) is 27.5 Å². The third-order valence-corrected chi connectivity index (χ3v) is 14.5. The first-order valence-electron chi connectivity index (χ1n) is 14.1. The van der Waals surface area contributed by atoms with Crippen molar-refractivity contribution in [1.29, 1.82) is 0 Å². The molecule has 4 rings (SSSR count). The molecule has 3 aromatic rings. The molecule has 1 aliphatic carbocycles. The average molecular weight is 520 g/mol. The minimum absolute atomic E-state index is 0.418. The van der Waals surface area contributed by atoms with Crippen LogP contribution in [0.1, 0.15) is 85.3 Å². The van der Waals surface area contributed by atoms with Crippen LogP contribution in [0, 0.1) is 0 Å². The van der Waals surface area contributed by atoms with Gasteiger partial charge in [-0.3, -0.25) is 4.98 Å². The van der Waals surface area contributed by atoms with Gasteiger partial charge in [0.2, 0.25) is 0 Å². The van der Waals surface area contributed by atoms with Gasteiger partial charge in [-0.05, 0) is 35.0 Å².